The van der Waals surface area contributed by atoms with E-state index >= 15 is 0 Å². The van der Waals surface area contributed by atoms with Gasteiger partial charge in [-0.3, -0.25) is 14.8 Å². The predicted molar refractivity (Wildman–Crippen MR) is 109 cm³/mol. The summed E-state index contributed by atoms with van der Waals surface area (Å²) in [5.74, 6) is 1.44. The number of aromatic amines is 1. The van der Waals surface area contributed by atoms with Gasteiger partial charge >= 0.3 is 0 Å². The minimum absolute atomic E-state index is 0.0219. The van der Waals surface area contributed by atoms with Gasteiger partial charge in [0.05, 0.1) is 6.20 Å². The molecule has 4 heterocycles. The molecule has 0 unspecified atom stereocenters. The maximum atomic E-state index is 12.9. The van der Waals surface area contributed by atoms with Crippen LogP contribution in [-0.2, 0) is 13.6 Å². The van der Waals surface area contributed by atoms with Crippen LogP contribution in [0.25, 0.3) is 22.4 Å². The molecule has 0 radical (unpaired) electrons. The topological polar surface area (TPSA) is 80.0 Å². The van der Waals surface area contributed by atoms with E-state index < -0.39 is 0 Å². The highest BCUT2D eigenvalue weighted by Crippen LogP contribution is 2.30. The van der Waals surface area contributed by atoms with Crippen molar-refractivity contribution in [1.82, 2.24) is 24.6 Å². The number of fused-ring (bicyclic) bond motifs is 1. The van der Waals surface area contributed by atoms with Gasteiger partial charge in [0.25, 0.3) is 0 Å². The summed E-state index contributed by atoms with van der Waals surface area (Å²) in [6.07, 6.45) is 7.26. The second kappa shape index (κ2) is 7.33. The highest BCUT2D eigenvalue weighted by molar-refractivity contribution is 5.95. The van der Waals surface area contributed by atoms with E-state index in [1.54, 1.807) is 10.8 Å². The SMILES string of the molecule is Cn1ccnc1C(=O)[C@@H]1CCCN(Cc2cn[nH]c2-c2cc3ccccc3o2)C1. The van der Waals surface area contributed by atoms with Crippen molar-refractivity contribution in [3.63, 3.8) is 0 Å². The largest absolute Gasteiger partial charge is 0.454 e. The molecule has 0 bridgehead atoms. The lowest BCUT2D eigenvalue weighted by molar-refractivity contribution is 0.0798. The number of piperidine rings is 1. The van der Waals surface area contributed by atoms with Gasteiger partial charge in [-0.05, 0) is 31.5 Å². The van der Waals surface area contributed by atoms with E-state index in [0.717, 1.165) is 60.5 Å². The van der Waals surface area contributed by atoms with Crippen LogP contribution in [0, 0.1) is 5.92 Å². The van der Waals surface area contributed by atoms with E-state index in [-0.39, 0.29) is 11.7 Å². The van der Waals surface area contributed by atoms with Crippen molar-refractivity contribution >= 4 is 16.8 Å². The molecule has 0 amide bonds. The molecule has 0 aliphatic carbocycles. The number of Topliss-reactive ketones (excluding diaryl/α,β-unsaturated/α-hetero) is 1. The molecule has 0 saturated carbocycles. The number of hydrogen-bond acceptors (Lipinski definition) is 5. The first-order chi connectivity index (χ1) is 14.2. The lowest BCUT2D eigenvalue weighted by Crippen LogP contribution is -2.38. The Morgan fingerprint density at radius 3 is 3.07 bits per heavy atom. The van der Waals surface area contributed by atoms with Gasteiger partial charge < -0.3 is 8.98 Å². The number of furan rings is 1. The summed E-state index contributed by atoms with van der Waals surface area (Å²) >= 11 is 0. The summed E-state index contributed by atoms with van der Waals surface area (Å²) in [5, 5.41) is 8.41. The number of rotatable bonds is 5. The van der Waals surface area contributed by atoms with Crippen molar-refractivity contribution in [2.75, 3.05) is 13.1 Å². The normalized spacial score (nSPS) is 17.8. The van der Waals surface area contributed by atoms with Crippen LogP contribution in [0.15, 0.2) is 53.3 Å². The number of ketones is 1. The fourth-order valence-corrected chi connectivity index (χ4v) is 4.19. The Balaban J connectivity index is 1.34. The Labute approximate surface area is 168 Å². The number of para-hydroxylation sites is 1. The number of nitrogens with one attached hydrogen (secondary N) is 1. The van der Waals surface area contributed by atoms with Gasteiger partial charge in [0.15, 0.2) is 11.6 Å². The van der Waals surface area contributed by atoms with Crippen molar-refractivity contribution in [3.05, 3.63) is 60.3 Å². The number of H-pyrrole nitrogens is 1. The maximum absolute atomic E-state index is 12.9. The Hall–Kier alpha value is -3.19. The van der Waals surface area contributed by atoms with Crippen LogP contribution in [0.1, 0.15) is 29.0 Å². The third-order valence-corrected chi connectivity index (χ3v) is 5.70. The Bertz CT molecular complexity index is 1120. The van der Waals surface area contributed by atoms with E-state index in [2.05, 4.69) is 20.1 Å². The number of hydrogen-bond donors (Lipinski definition) is 1. The molecule has 1 fully saturated rings. The van der Waals surface area contributed by atoms with Crippen LogP contribution in [0.5, 0.6) is 0 Å². The van der Waals surface area contributed by atoms with Gasteiger partial charge in [-0.2, -0.15) is 5.10 Å². The summed E-state index contributed by atoms with van der Waals surface area (Å²) in [7, 11) is 1.87. The van der Waals surface area contributed by atoms with E-state index in [4.69, 9.17) is 4.42 Å². The van der Waals surface area contributed by atoms with Crippen molar-refractivity contribution in [2.24, 2.45) is 13.0 Å². The Morgan fingerprint density at radius 2 is 2.24 bits per heavy atom. The predicted octanol–water partition coefficient (Wildman–Crippen LogP) is 3.65. The number of benzene rings is 1. The second-order valence-corrected chi connectivity index (χ2v) is 7.72. The molecule has 148 valence electrons. The van der Waals surface area contributed by atoms with Crippen LogP contribution in [-0.4, -0.2) is 43.5 Å². The van der Waals surface area contributed by atoms with Gasteiger partial charge in [0, 0.05) is 49.4 Å². The number of likely N-dealkylation sites (tertiary alicyclic amines) is 1. The monoisotopic (exact) mass is 389 g/mol. The molecular weight excluding hydrogens is 366 g/mol. The zero-order valence-electron chi connectivity index (χ0n) is 16.3. The maximum Gasteiger partial charge on any atom is 0.202 e. The van der Waals surface area contributed by atoms with Gasteiger partial charge in [0.2, 0.25) is 5.78 Å². The molecule has 0 spiro atoms. The average Bonchev–Trinajstić information content (AvgIpc) is 3.46. The number of nitrogens with zero attached hydrogens (tertiary/aromatic N) is 4. The molecule has 1 aliphatic heterocycles. The van der Waals surface area contributed by atoms with E-state index in [0.29, 0.717) is 5.82 Å². The first-order valence-electron chi connectivity index (χ1n) is 9.94. The number of imidazole rings is 1. The molecule has 1 saturated heterocycles. The van der Waals surface area contributed by atoms with Crippen LogP contribution in [0.2, 0.25) is 0 Å². The van der Waals surface area contributed by atoms with E-state index in [1.165, 1.54) is 0 Å². The van der Waals surface area contributed by atoms with Crippen LogP contribution >= 0.6 is 0 Å². The zero-order valence-corrected chi connectivity index (χ0v) is 16.3. The van der Waals surface area contributed by atoms with E-state index in [9.17, 15) is 4.79 Å². The van der Waals surface area contributed by atoms with Gasteiger partial charge in [-0.15, -0.1) is 0 Å². The molecule has 1 aromatic carbocycles. The Kier molecular flexibility index (Phi) is 4.52. The molecule has 1 N–H and O–H groups in total. The van der Waals surface area contributed by atoms with Crippen LogP contribution in [0.3, 0.4) is 0 Å². The number of carbonyl (C=O) groups excluding carboxylic acids is 1. The van der Waals surface area contributed by atoms with Crippen LogP contribution in [0.4, 0.5) is 0 Å². The highest BCUT2D eigenvalue weighted by atomic mass is 16.3. The molecule has 7 nitrogen and oxygen atoms in total. The first-order valence-corrected chi connectivity index (χ1v) is 9.94. The van der Waals surface area contributed by atoms with Gasteiger partial charge in [0.1, 0.15) is 11.3 Å². The quantitative estimate of drug-likeness (QED) is 0.527. The van der Waals surface area contributed by atoms with Crippen molar-refractivity contribution in [1.29, 1.82) is 0 Å². The smallest absolute Gasteiger partial charge is 0.202 e. The lowest BCUT2D eigenvalue weighted by atomic mass is 9.93. The molecule has 3 aromatic heterocycles. The number of carbonyl (C=O) groups is 1. The first kappa shape index (κ1) is 17.9. The standard InChI is InChI=1S/C22H23N5O2/c1-26-10-8-23-22(26)21(28)16-6-4-9-27(13-16)14-17-12-24-25-20(17)19-11-15-5-2-3-7-18(15)29-19/h2-3,5,7-8,10-12,16H,4,6,9,13-14H2,1H3,(H,24,25)/t16-/m1/s1. The summed E-state index contributed by atoms with van der Waals surface area (Å²) in [6.45, 7) is 2.43. The summed E-state index contributed by atoms with van der Waals surface area (Å²) in [6, 6.07) is 10.0. The van der Waals surface area contributed by atoms with Crippen LogP contribution < -0.4 is 0 Å². The third kappa shape index (κ3) is 3.38. The number of aromatic nitrogens is 4. The van der Waals surface area contributed by atoms with Crippen molar-refractivity contribution < 1.29 is 9.21 Å². The Morgan fingerprint density at radius 1 is 1.34 bits per heavy atom. The minimum atomic E-state index is -0.0219. The summed E-state index contributed by atoms with van der Waals surface area (Å²) < 4.78 is 7.81. The average molecular weight is 389 g/mol. The van der Waals surface area contributed by atoms with Crippen molar-refractivity contribution in [2.45, 2.75) is 19.4 Å². The lowest BCUT2D eigenvalue weighted by Gasteiger charge is -2.31. The summed E-state index contributed by atoms with van der Waals surface area (Å²) in [5.41, 5.74) is 2.84. The van der Waals surface area contributed by atoms with Crippen molar-refractivity contribution in [3.8, 4) is 11.5 Å². The second-order valence-electron chi connectivity index (χ2n) is 7.72. The fourth-order valence-electron chi connectivity index (χ4n) is 4.19. The van der Waals surface area contributed by atoms with Gasteiger partial charge in [-0.25, -0.2) is 4.98 Å². The molecule has 1 atom stereocenters. The zero-order chi connectivity index (χ0) is 19.8. The molecular formula is C22H23N5O2. The highest BCUT2D eigenvalue weighted by Gasteiger charge is 2.29. The molecule has 29 heavy (non-hydrogen) atoms. The minimum Gasteiger partial charge on any atom is -0.454 e. The molecule has 5 rings (SSSR count). The molecule has 4 aromatic rings. The molecule has 7 heteroatoms. The summed E-state index contributed by atoms with van der Waals surface area (Å²) in [4.78, 5) is 19.4. The van der Waals surface area contributed by atoms with Gasteiger partial charge in [-0.1, -0.05) is 18.2 Å². The molecule has 1 aliphatic rings. The fraction of sp³-hybridized carbons (Fsp3) is 0.318. The third-order valence-electron chi connectivity index (χ3n) is 5.70. The number of aryl methyl sites for hydroxylation is 1. The van der Waals surface area contributed by atoms with E-state index in [1.807, 2.05) is 49.8 Å².